The number of hydrogen-bond donors (Lipinski definition) is 0. The second kappa shape index (κ2) is 5.15. The minimum atomic E-state index is -0.930. The maximum atomic E-state index is 10.8. The average molecular weight is 390 g/mol. The predicted molar refractivity (Wildman–Crippen MR) is 66.7 cm³/mol. The normalized spacial score (nSPS) is 10.1. The van der Waals surface area contributed by atoms with Crippen molar-refractivity contribution in [3.63, 3.8) is 0 Å². The summed E-state index contributed by atoms with van der Waals surface area (Å²) in [6.45, 7) is 0. The smallest absolute Gasteiger partial charge is 0.390 e. The number of rotatable bonds is 3. The van der Waals surface area contributed by atoms with Crippen LogP contribution in [-0.2, 0) is 0 Å². The molecule has 1 aromatic rings. The first-order chi connectivity index (χ1) is 7.82. The number of halogens is 3. The molecule has 10 heteroatoms. The van der Waals surface area contributed by atoms with E-state index in [1.165, 1.54) is 0 Å². The highest BCUT2D eigenvalue weighted by atomic mass is 79.9. The van der Waals surface area contributed by atoms with Crippen LogP contribution >= 0.6 is 43.5 Å². The van der Waals surface area contributed by atoms with Gasteiger partial charge in [0.15, 0.2) is 0 Å². The molecule has 0 aliphatic rings. The minimum absolute atomic E-state index is 0.119. The fourth-order valence-electron chi connectivity index (χ4n) is 1.14. The highest BCUT2D eigenvalue weighted by molar-refractivity contribution is 9.13. The summed E-state index contributed by atoms with van der Waals surface area (Å²) in [6, 6.07) is 0. The van der Waals surface area contributed by atoms with E-state index in [2.05, 4.69) is 31.9 Å². The molecular formula is C7H3Br2ClN2O5. The molecule has 0 saturated carbocycles. The summed E-state index contributed by atoms with van der Waals surface area (Å²) < 4.78 is 5.04. The highest BCUT2D eigenvalue weighted by Crippen LogP contribution is 2.51. The van der Waals surface area contributed by atoms with Gasteiger partial charge in [-0.15, -0.1) is 0 Å². The summed E-state index contributed by atoms with van der Waals surface area (Å²) in [7, 11) is 1.16. The highest BCUT2D eigenvalue weighted by Gasteiger charge is 2.37. The number of benzene rings is 1. The third-order valence-corrected chi connectivity index (χ3v) is 4.48. The molecule has 0 heterocycles. The number of nitro benzene ring substituents is 2. The lowest BCUT2D eigenvalue weighted by atomic mass is 10.2. The molecule has 0 aromatic heterocycles. The topological polar surface area (TPSA) is 95.5 Å². The molecule has 0 aliphatic carbocycles. The van der Waals surface area contributed by atoms with Gasteiger partial charge in [0.2, 0.25) is 5.75 Å². The van der Waals surface area contributed by atoms with E-state index in [0.29, 0.717) is 0 Å². The summed E-state index contributed by atoms with van der Waals surface area (Å²) in [6.07, 6.45) is 0. The first-order valence-electron chi connectivity index (χ1n) is 3.86. The lowest BCUT2D eigenvalue weighted by molar-refractivity contribution is -0.423. The van der Waals surface area contributed by atoms with Gasteiger partial charge in [0.25, 0.3) is 0 Å². The molecule has 0 unspecified atom stereocenters. The summed E-state index contributed by atoms with van der Waals surface area (Å²) in [5.41, 5.74) is -1.61. The molecule has 17 heavy (non-hydrogen) atoms. The van der Waals surface area contributed by atoms with Gasteiger partial charge in [0.1, 0.15) is 5.02 Å². The van der Waals surface area contributed by atoms with E-state index in [1.807, 2.05) is 0 Å². The predicted octanol–water partition coefficient (Wildman–Crippen LogP) is 3.69. The van der Waals surface area contributed by atoms with E-state index in [9.17, 15) is 20.2 Å². The Bertz CT molecular complexity index is 522. The second-order valence-corrected chi connectivity index (χ2v) is 4.65. The monoisotopic (exact) mass is 388 g/mol. The van der Waals surface area contributed by atoms with Crippen LogP contribution in [0.25, 0.3) is 0 Å². The van der Waals surface area contributed by atoms with Crippen molar-refractivity contribution in [2.24, 2.45) is 0 Å². The maximum absolute atomic E-state index is 10.8. The summed E-state index contributed by atoms with van der Waals surface area (Å²) in [5, 5.41) is 21.3. The Hall–Kier alpha value is -0.930. The zero-order valence-electron chi connectivity index (χ0n) is 8.07. The molecule has 0 spiro atoms. The standard InChI is InChI=1S/C7H3Br2ClN2O5/c1-17-7-3(9)2(8)4(10)5(11(13)14)6(7)12(15)16/h1H3. The number of nitrogens with zero attached hydrogens (tertiary/aromatic N) is 2. The SMILES string of the molecule is COc1c(Br)c(Br)c(Cl)c([N+](=O)[O-])c1[N+](=O)[O-]. The van der Waals surface area contributed by atoms with Gasteiger partial charge in [0.05, 0.1) is 25.9 Å². The molecule has 0 saturated heterocycles. The molecule has 0 radical (unpaired) electrons. The molecule has 1 rings (SSSR count). The van der Waals surface area contributed by atoms with Crippen molar-refractivity contribution in [3.05, 3.63) is 34.2 Å². The van der Waals surface area contributed by atoms with Crippen molar-refractivity contribution in [2.45, 2.75) is 0 Å². The molecule has 0 aliphatic heterocycles. The molecule has 92 valence electrons. The van der Waals surface area contributed by atoms with E-state index < -0.39 is 21.2 Å². The van der Waals surface area contributed by atoms with Crippen molar-refractivity contribution in [1.29, 1.82) is 0 Å². The van der Waals surface area contributed by atoms with E-state index >= 15 is 0 Å². The van der Waals surface area contributed by atoms with Gasteiger partial charge in [-0.05, 0) is 31.9 Å². The zero-order valence-corrected chi connectivity index (χ0v) is 12.0. The van der Waals surface area contributed by atoms with Crippen LogP contribution in [-0.4, -0.2) is 17.0 Å². The van der Waals surface area contributed by atoms with Crippen molar-refractivity contribution >= 4 is 54.8 Å². The summed E-state index contributed by atoms with van der Waals surface area (Å²) in [5.74, 6) is -0.266. The molecule has 1 aromatic carbocycles. The zero-order chi connectivity index (χ0) is 13.3. The minimum Gasteiger partial charge on any atom is -0.489 e. The Morgan fingerprint density at radius 2 is 1.59 bits per heavy atom. The Labute approximate surface area is 116 Å². The molecular weight excluding hydrogens is 387 g/mol. The van der Waals surface area contributed by atoms with E-state index in [1.54, 1.807) is 0 Å². The van der Waals surface area contributed by atoms with Gasteiger partial charge in [-0.3, -0.25) is 20.2 Å². The number of ether oxygens (including phenoxy) is 1. The Morgan fingerprint density at radius 1 is 1.12 bits per heavy atom. The molecule has 0 bridgehead atoms. The van der Waals surface area contributed by atoms with E-state index in [4.69, 9.17) is 16.3 Å². The van der Waals surface area contributed by atoms with Crippen molar-refractivity contribution in [2.75, 3.05) is 7.11 Å². The Balaban J connectivity index is 3.86. The van der Waals surface area contributed by atoms with E-state index in [0.717, 1.165) is 7.11 Å². The van der Waals surface area contributed by atoms with Crippen molar-refractivity contribution in [1.82, 2.24) is 0 Å². The van der Waals surface area contributed by atoms with Crippen LogP contribution in [0.1, 0.15) is 0 Å². The van der Waals surface area contributed by atoms with Gasteiger partial charge in [-0.2, -0.15) is 0 Å². The third-order valence-electron chi connectivity index (χ3n) is 1.80. The number of nitro groups is 2. The molecule has 0 atom stereocenters. The lowest BCUT2D eigenvalue weighted by Crippen LogP contribution is -2.02. The van der Waals surface area contributed by atoms with Crippen LogP contribution in [0.4, 0.5) is 11.4 Å². The van der Waals surface area contributed by atoms with Crippen molar-refractivity contribution < 1.29 is 14.6 Å². The largest absolute Gasteiger partial charge is 0.489 e. The number of hydrogen-bond acceptors (Lipinski definition) is 5. The first kappa shape index (κ1) is 14.1. The van der Waals surface area contributed by atoms with Crippen LogP contribution in [0.2, 0.25) is 5.02 Å². The lowest BCUT2D eigenvalue weighted by Gasteiger charge is -2.08. The van der Waals surface area contributed by atoms with Gasteiger partial charge < -0.3 is 4.74 Å². The summed E-state index contributed by atoms with van der Waals surface area (Å²) in [4.78, 5) is 19.8. The Morgan fingerprint density at radius 3 is 1.94 bits per heavy atom. The average Bonchev–Trinajstić information content (AvgIpc) is 2.24. The van der Waals surface area contributed by atoms with Crippen molar-refractivity contribution in [3.8, 4) is 5.75 Å². The van der Waals surface area contributed by atoms with Crippen LogP contribution in [0.5, 0.6) is 5.75 Å². The van der Waals surface area contributed by atoms with Crippen LogP contribution in [0.3, 0.4) is 0 Å². The fraction of sp³-hybridized carbons (Fsp3) is 0.143. The number of methoxy groups -OCH3 is 1. The van der Waals surface area contributed by atoms with Gasteiger partial charge in [-0.25, -0.2) is 0 Å². The summed E-state index contributed by atoms with van der Waals surface area (Å²) >= 11 is 11.7. The molecule has 0 fully saturated rings. The third kappa shape index (κ3) is 2.35. The quantitative estimate of drug-likeness (QED) is 0.446. The van der Waals surface area contributed by atoms with E-state index in [-0.39, 0.29) is 19.7 Å². The molecule has 0 N–H and O–H groups in total. The second-order valence-electron chi connectivity index (χ2n) is 2.69. The van der Waals surface area contributed by atoms with Crippen LogP contribution < -0.4 is 4.74 Å². The molecule has 0 amide bonds. The first-order valence-corrected chi connectivity index (χ1v) is 5.82. The van der Waals surface area contributed by atoms with Crippen LogP contribution in [0, 0.1) is 20.2 Å². The van der Waals surface area contributed by atoms with Gasteiger partial charge in [0, 0.05) is 0 Å². The van der Waals surface area contributed by atoms with Gasteiger partial charge >= 0.3 is 11.4 Å². The van der Waals surface area contributed by atoms with Gasteiger partial charge in [-0.1, -0.05) is 11.6 Å². The Kier molecular flexibility index (Phi) is 4.28. The maximum Gasteiger partial charge on any atom is 0.390 e. The fourth-order valence-corrected chi connectivity index (χ4v) is 2.42. The van der Waals surface area contributed by atoms with Crippen LogP contribution in [0.15, 0.2) is 8.95 Å². The molecule has 7 nitrogen and oxygen atoms in total.